The minimum Gasteiger partial charge on any atom is -0.300 e. The molecule has 16 heavy (non-hydrogen) atoms. The van der Waals surface area contributed by atoms with Gasteiger partial charge >= 0.3 is 0 Å². The highest BCUT2D eigenvalue weighted by molar-refractivity contribution is 5.16. The zero-order valence-corrected chi connectivity index (χ0v) is 9.43. The molecule has 0 saturated heterocycles. The number of hydrogen-bond acceptors (Lipinski definition) is 3. The van der Waals surface area contributed by atoms with Crippen LogP contribution in [-0.2, 0) is 11.4 Å². The fourth-order valence-electron chi connectivity index (χ4n) is 2.07. The van der Waals surface area contributed by atoms with Crippen molar-refractivity contribution in [1.82, 2.24) is 4.90 Å². The van der Waals surface area contributed by atoms with E-state index in [1.165, 1.54) is 11.1 Å². The summed E-state index contributed by atoms with van der Waals surface area (Å²) in [7, 11) is 0. The van der Waals surface area contributed by atoms with E-state index in [1.54, 1.807) is 0 Å². The first-order valence-electron chi connectivity index (χ1n) is 5.64. The molecule has 0 atom stereocenters. The molecule has 1 heterocycles. The molecule has 2 rings (SSSR count). The maximum Gasteiger partial charge on any atom is 0.0902 e. The molecule has 0 spiro atoms. The summed E-state index contributed by atoms with van der Waals surface area (Å²) in [6, 6.07) is 10.5. The van der Waals surface area contributed by atoms with Crippen molar-refractivity contribution in [1.29, 1.82) is 0 Å². The molecule has 3 nitrogen and oxygen atoms in total. The van der Waals surface area contributed by atoms with Crippen LogP contribution in [0.3, 0.4) is 0 Å². The minimum atomic E-state index is 0.547. The second kappa shape index (κ2) is 5.80. The summed E-state index contributed by atoms with van der Waals surface area (Å²) >= 11 is 0. The van der Waals surface area contributed by atoms with E-state index in [2.05, 4.69) is 40.1 Å². The largest absolute Gasteiger partial charge is 0.300 e. The summed E-state index contributed by atoms with van der Waals surface area (Å²) in [5.74, 6) is 5.10. The summed E-state index contributed by atoms with van der Waals surface area (Å²) in [4.78, 5) is 7.11. The Morgan fingerprint density at radius 3 is 2.81 bits per heavy atom. The zero-order valence-electron chi connectivity index (χ0n) is 9.43. The van der Waals surface area contributed by atoms with E-state index in [9.17, 15) is 0 Å². The van der Waals surface area contributed by atoms with Crippen LogP contribution < -0.4 is 5.90 Å². The second-order valence-electron chi connectivity index (χ2n) is 4.16. The van der Waals surface area contributed by atoms with Crippen LogP contribution in [0, 0.1) is 0 Å². The Morgan fingerprint density at radius 2 is 2.06 bits per heavy atom. The average Bonchev–Trinajstić information content (AvgIpc) is 2.31. The Labute approximate surface area is 96.5 Å². The number of rotatable bonds is 4. The van der Waals surface area contributed by atoms with Crippen LogP contribution in [0.5, 0.6) is 0 Å². The van der Waals surface area contributed by atoms with Gasteiger partial charge in [0.15, 0.2) is 0 Å². The standard InChI is InChI=1S/C13H18N2O/c14-16-11-13-7-4-8-15(10-13)9-12-5-2-1-3-6-12/h1-3,5-7H,4,8-11,14H2. The molecule has 0 aromatic heterocycles. The lowest BCUT2D eigenvalue weighted by Gasteiger charge is -2.26. The predicted octanol–water partition coefficient (Wildman–Crippen LogP) is 1.71. The molecule has 2 N–H and O–H groups in total. The topological polar surface area (TPSA) is 38.5 Å². The molecule has 1 aliphatic rings. The number of nitrogens with zero attached hydrogens (tertiary/aromatic N) is 1. The Morgan fingerprint density at radius 1 is 1.25 bits per heavy atom. The maximum atomic E-state index is 5.10. The molecule has 86 valence electrons. The van der Waals surface area contributed by atoms with Crippen molar-refractivity contribution >= 4 is 0 Å². The van der Waals surface area contributed by atoms with Gasteiger partial charge in [0, 0.05) is 19.6 Å². The van der Waals surface area contributed by atoms with E-state index in [1.807, 2.05) is 6.07 Å². The third-order valence-electron chi connectivity index (χ3n) is 2.82. The van der Waals surface area contributed by atoms with Crippen LogP contribution >= 0.6 is 0 Å². The first kappa shape index (κ1) is 11.3. The Bertz CT molecular complexity index is 348. The van der Waals surface area contributed by atoms with Crippen molar-refractivity contribution in [2.45, 2.75) is 13.0 Å². The van der Waals surface area contributed by atoms with Gasteiger partial charge in [-0.25, -0.2) is 5.90 Å². The Balaban J connectivity index is 1.90. The highest BCUT2D eigenvalue weighted by atomic mass is 16.6. The van der Waals surface area contributed by atoms with Crippen LogP contribution in [0.1, 0.15) is 12.0 Å². The van der Waals surface area contributed by atoms with Crippen LogP contribution in [0.2, 0.25) is 0 Å². The SMILES string of the molecule is NOCC1=CCCN(Cc2ccccc2)C1. The van der Waals surface area contributed by atoms with Crippen LogP contribution in [-0.4, -0.2) is 24.6 Å². The monoisotopic (exact) mass is 218 g/mol. The van der Waals surface area contributed by atoms with Gasteiger partial charge in [-0.2, -0.15) is 0 Å². The summed E-state index contributed by atoms with van der Waals surface area (Å²) < 4.78 is 0. The fourth-order valence-corrected chi connectivity index (χ4v) is 2.07. The molecule has 0 fully saturated rings. The number of nitrogens with two attached hydrogens (primary N) is 1. The molecule has 3 heteroatoms. The molecule has 0 saturated carbocycles. The van der Waals surface area contributed by atoms with E-state index < -0.39 is 0 Å². The van der Waals surface area contributed by atoms with E-state index in [0.717, 1.165) is 26.1 Å². The van der Waals surface area contributed by atoms with E-state index >= 15 is 0 Å². The summed E-state index contributed by atoms with van der Waals surface area (Å²) in [5, 5.41) is 0. The summed E-state index contributed by atoms with van der Waals surface area (Å²) in [6.07, 6.45) is 3.32. The van der Waals surface area contributed by atoms with Gasteiger partial charge in [-0.05, 0) is 17.6 Å². The van der Waals surface area contributed by atoms with E-state index in [-0.39, 0.29) is 0 Å². The molecule has 1 aliphatic heterocycles. The lowest BCUT2D eigenvalue weighted by molar-refractivity contribution is 0.149. The third-order valence-corrected chi connectivity index (χ3v) is 2.82. The average molecular weight is 218 g/mol. The van der Waals surface area contributed by atoms with Gasteiger partial charge in [-0.3, -0.25) is 4.90 Å². The lowest BCUT2D eigenvalue weighted by Crippen LogP contribution is -2.31. The highest BCUT2D eigenvalue weighted by Gasteiger charge is 2.12. The Kier molecular flexibility index (Phi) is 4.10. The smallest absolute Gasteiger partial charge is 0.0902 e. The first-order chi connectivity index (χ1) is 7.88. The fraction of sp³-hybridized carbons (Fsp3) is 0.385. The van der Waals surface area contributed by atoms with Gasteiger partial charge in [0.25, 0.3) is 0 Å². The van der Waals surface area contributed by atoms with Gasteiger partial charge in [0.2, 0.25) is 0 Å². The number of hydrogen-bond donors (Lipinski definition) is 1. The quantitative estimate of drug-likeness (QED) is 0.617. The van der Waals surface area contributed by atoms with Gasteiger partial charge in [0.1, 0.15) is 0 Å². The summed E-state index contributed by atoms with van der Waals surface area (Å²) in [5.41, 5.74) is 2.64. The maximum absolute atomic E-state index is 5.10. The molecule has 0 amide bonds. The van der Waals surface area contributed by atoms with Crippen LogP contribution in [0.25, 0.3) is 0 Å². The van der Waals surface area contributed by atoms with Crippen LogP contribution in [0.4, 0.5) is 0 Å². The first-order valence-corrected chi connectivity index (χ1v) is 5.64. The van der Waals surface area contributed by atoms with Crippen molar-refractivity contribution in [2.24, 2.45) is 5.90 Å². The normalized spacial score (nSPS) is 17.2. The molecular formula is C13H18N2O. The molecule has 0 radical (unpaired) electrons. The zero-order chi connectivity index (χ0) is 11.2. The predicted molar refractivity (Wildman–Crippen MR) is 64.6 cm³/mol. The van der Waals surface area contributed by atoms with Crippen molar-refractivity contribution in [3.8, 4) is 0 Å². The van der Waals surface area contributed by atoms with E-state index in [0.29, 0.717) is 6.61 Å². The van der Waals surface area contributed by atoms with Crippen molar-refractivity contribution in [3.05, 3.63) is 47.5 Å². The van der Waals surface area contributed by atoms with Crippen molar-refractivity contribution < 1.29 is 4.84 Å². The van der Waals surface area contributed by atoms with Crippen LogP contribution in [0.15, 0.2) is 42.0 Å². The van der Waals surface area contributed by atoms with E-state index in [4.69, 9.17) is 5.90 Å². The minimum absolute atomic E-state index is 0.547. The lowest BCUT2D eigenvalue weighted by atomic mass is 10.1. The molecular weight excluding hydrogens is 200 g/mol. The van der Waals surface area contributed by atoms with Gasteiger partial charge < -0.3 is 4.84 Å². The van der Waals surface area contributed by atoms with Gasteiger partial charge in [-0.1, -0.05) is 36.4 Å². The molecule has 0 aliphatic carbocycles. The second-order valence-corrected chi connectivity index (χ2v) is 4.16. The van der Waals surface area contributed by atoms with Crippen molar-refractivity contribution in [3.63, 3.8) is 0 Å². The molecule has 0 unspecified atom stereocenters. The third kappa shape index (κ3) is 3.17. The summed E-state index contributed by atoms with van der Waals surface area (Å²) in [6.45, 7) is 3.63. The molecule has 0 bridgehead atoms. The highest BCUT2D eigenvalue weighted by Crippen LogP contribution is 2.13. The number of benzene rings is 1. The Hall–Kier alpha value is -1.16. The van der Waals surface area contributed by atoms with Gasteiger partial charge in [-0.15, -0.1) is 0 Å². The molecule has 1 aromatic carbocycles. The van der Waals surface area contributed by atoms with Crippen molar-refractivity contribution in [2.75, 3.05) is 19.7 Å². The molecule has 1 aromatic rings. The van der Waals surface area contributed by atoms with Gasteiger partial charge in [0.05, 0.1) is 6.61 Å².